The topological polar surface area (TPSA) is 114 Å². The van der Waals surface area contributed by atoms with E-state index in [0.717, 1.165) is 74.5 Å². The van der Waals surface area contributed by atoms with E-state index in [2.05, 4.69) is 47.6 Å². The van der Waals surface area contributed by atoms with E-state index in [1.165, 1.54) is 12.4 Å². The molecule has 0 atom stereocenters. The minimum atomic E-state index is -0.195. The maximum Gasteiger partial charge on any atom is 0.254 e. The Balaban J connectivity index is 1.23. The van der Waals surface area contributed by atoms with E-state index >= 15 is 0 Å². The lowest BCUT2D eigenvalue weighted by molar-refractivity contribution is 0.0962. The molecule has 0 bridgehead atoms. The van der Waals surface area contributed by atoms with Crippen LogP contribution in [0.1, 0.15) is 36.0 Å². The first-order chi connectivity index (χ1) is 16.7. The summed E-state index contributed by atoms with van der Waals surface area (Å²) in [5.41, 5.74) is 3.18. The van der Waals surface area contributed by atoms with Crippen LogP contribution in [0.25, 0.3) is 11.0 Å². The van der Waals surface area contributed by atoms with Gasteiger partial charge in [0.25, 0.3) is 5.91 Å². The first-order valence-electron chi connectivity index (χ1n) is 11.7. The molecule has 2 N–H and O–H groups in total. The number of amides is 1. The first kappa shape index (κ1) is 22.3. The summed E-state index contributed by atoms with van der Waals surface area (Å²) in [6.45, 7) is 3.16. The smallest absolute Gasteiger partial charge is 0.254 e. The van der Waals surface area contributed by atoms with Crippen LogP contribution in [-0.4, -0.2) is 71.3 Å². The molecule has 3 aromatic rings. The number of nitrogens with one attached hydrogen (secondary N) is 2. The molecule has 1 aliphatic heterocycles. The van der Waals surface area contributed by atoms with Crippen molar-refractivity contribution < 1.29 is 14.3 Å². The summed E-state index contributed by atoms with van der Waals surface area (Å²) in [6.07, 6.45) is 10.3. The van der Waals surface area contributed by atoms with E-state index in [-0.39, 0.29) is 18.1 Å². The van der Waals surface area contributed by atoms with Gasteiger partial charge in [0.15, 0.2) is 0 Å². The summed E-state index contributed by atoms with van der Waals surface area (Å²) in [6, 6.07) is 4.44. The fourth-order valence-electron chi connectivity index (χ4n) is 4.47. The number of nitrogens with zero attached hydrogens (tertiary/aromatic N) is 5. The molecule has 2 fully saturated rings. The Hall–Kier alpha value is -3.53. The van der Waals surface area contributed by atoms with Gasteiger partial charge in [-0.2, -0.15) is 0 Å². The third-order valence-electron chi connectivity index (χ3n) is 6.34. The quantitative estimate of drug-likeness (QED) is 0.569. The molecular weight excluding hydrogens is 434 g/mol. The summed E-state index contributed by atoms with van der Waals surface area (Å²) in [5, 5.41) is 5.95. The standard InChI is InChI=1S/C24H29N7O3/c1-25-23(32)16-14-28-24(29-15-16)30-17-2-4-19(5-3-17)34-21-13-18(31-8-10-33-11-9-31)12-20-22(21)27-7-6-26-20/h6-7,12-15,17,19H,2-5,8-11H2,1H3,(H,25,32)(H,28,29,30). The van der Waals surface area contributed by atoms with E-state index in [1.807, 2.05) is 0 Å². The Labute approximate surface area is 198 Å². The molecule has 2 aliphatic rings. The van der Waals surface area contributed by atoms with Crippen LogP contribution in [0, 0.1) is 0 Å². The van der Waals surface area contributed by atoms with Crippen LogP contribution in [0.15, 0.2) is 36.9 Å². The minimum absolute atomic E-state index is 0.111. The molecule has 0 unspecified atom stereocenters. The zero-order valence-corrected chi connectivity index (χ0v) is 19.2. The molecule has 2 aromatic heterocycles. The van der Waals surface area contributed by atoms with Gasteiger partial charge in [-0.25, -0.2) is 15.0 Å². The van der Waals surface area contributed by atoms with Gasteiger partial charge in [0.1, 0.15) is 11.3 Å². The van der Waals surface area contributed by atoms with Crippen molar-refractivity contribution in [2.24, 2.45) is 0 Å². The molecule has 1 saturated carbocycles. The summed E-state index contributed by atoms with van der Waals surface area (Å²) in [4.78, 5) is 31.6. The van der Waals surface area contributed by atoms with E-state index < -0.39 is 0 Å². The number of carbonyl (C=O) groups is 1. The molecule has 1 aromatic carbocycles. The number of anilines is 2. The number of fused-ring (bicyclic) bond motifs is 1. The van der Waals surface area contributed by atoms with Crippen molar-refractivity contribution in [3.05, 3.63) is 42.5 Å². The van der Waals surface area contributed by atoms with Crippen molar-refractivity contribution >= 4 is 28.6 Å². The van der Waals surface area contributed by atoms with Crippen LogP contribution in [0.4, 0.5) is 11.6 Å². The molecule has 1 amide bonds. The van der Waals surface area contributed by atoms with E-state index in [0.29, 0.717) is 11.5 Å². The largest absolute Gasteiger partial charge is 0.488 e. The third-order valence-corrected chi connectivity index (χ3v) is 6.34. The zero-order valence-electron chi connectivity index (χ0n) is 19.2. The summed E-state index contributed by atoms with van der Waals surface area (Å²) < 4.78 is 12.0. The van der Waals surface area contributed by atoms with Crippen LogP contribution >= 0.6 is 0 Å². The number of morpholine rings is 1. The van der Waals surface area contributed by atoms with Crippen LogP contribution < -0.4 is 20.3 Å². The van der Waals surface area contributed by atoms with Gasteiger partial charge in [-0.15, -0.1) is 0 Å². The maximum absolute atomic E-state index is 11.7. The van der Waals surface area contributed by atoms with Gasteiger partial charge < -0.3 is 25.0 Å². The van der Waals surface area contributed by atoms with Crippen molar-refractivity contribution in [1.82, 2.24) is 25.3 Å². The lowest BCUT2D eigenvalue weighted by atomic mass is 9.93. The number of benzene rings is 1. The molecule has 5 rings (SSSR count). The Morgan fingerprint density at radius 3 is 2.50 bits per heavy atom. The van der Waals surface area contributed by atoms with Gasteiger partial charge in [-0.05, 0) is 31.7 Å². The van der Waals surface area contributed by atoms with E-state index in [4.69, 9.17) is 9.47 Å². The lowest BCUT2D eigenvalue weighted by Gasteiger charge is -2.31. The molecule has 1 saturated heterocycles. The van der Waals surface area contributed by atoms with Crippen LogP contribution in [0.5, 0.6) is 5.75 Å². The molecule has 34 heavy (non-hydrogen) atoms. The van der Waals surface area contributed by atoms with Crippen LogP contribution in [0.3, 0.4) is 0 Å². The highest BCUT2D eigenvalue weighted by Crippen LogP contribution is 2.33. The van der Waals surface area contributed by atoms with Gasteiger partial charge in [0.2, 0.25) is 5.95 Å². The van der Waals surface area contributed by atoms with Gasteiger partial charge in [-0.1, -0.05) is 0 Å². The fourth-order valence-corrected chi connectivity index (χ4v) is 4.47. The molecule has 0 radical (unpaired) electrons. The van der Waals surface area contributed by atoms with Crippen molar-refractivity contribution in [2.75, 3.05) is 43.6 Å². The Morgan fingerprint density at radius 2 is 1.76 bits per heavy atom. The number of hydrogen-bond donors (Lipinski definition) is 2. The Morgan fingerprint density at radius 1 is 1.03 bits per heavy atom. The SMILES string of the molecule is CNC(=O)c1cnc(NC2CCC(Oc3cc(N4CCOCC4)cc4nccnc34)CC2)nc1. The van der Waals surface area contributed by atoms with Crippen LogP contribution in [0.2, 0.25) is 0 Å². The molecule has 178 valence electrons. The van der Waals surface area contributed by atoms with Crippen molar-refractivity contribution in [3.63, 3.8) is 0 Å². The number of aromatic nitrogens is 4. The van der Waals surface area contributed by atoms with Crippen molar-refractivity contribution in [3.8, 4) is 5.75 Å². The molecule has 10 heteroatoms. The van der Waals surface area contributed by atoms with Gasteiger partial charge >= 0.3 is 0 Å². The van der Waals surface area contributed by atoms with Crippen molar-refractivity contribution in [2.45, 2.75) is 37.8 Å². The predicted molar refractivity (Wildman–Crippen MR) is 128 cm³/mol. The van der Waals surface area contributed by atoms with E-state index in [1.54, 1.807) is 19.4 Å². The molecule has 10 nitrogen and oxygen atoms in total. The molecule has 1 aliphatic carbocycles. The molecule has 3 heterocycles. The second kappa shape index (κ2) is 10.2. The predicted octanol–water partition coefficient (Wildman–Crippen LogP) is 2.42. The Kier molecular flexibility index (Phi) is 6.66. The average molecular weight is 464 g/mol. The number of rotatable bonds is 6. The van der Waals surface area contributed by atoms with Gasteiger partial charge in [0.05, 0.1) is 30.4 Å². The zero-order chi connectivity index (χ0) is 23.3. The number of carbonyl (C=O) groups excluding carboxylic acids is 1. The maximum atomic E-state index is 11.7. The third kappa shape index (κ3) is 5.01. The second-order valence-corrected chi connectivity index (χ2v) is 8.58. The van der Waals surface area contributed by atoms with Crippen LogP contribution in [-0.2, 0) is 4.74 Å². The average Bonchev–Trinajstić information content (AvgIpc) is 2.90. The summed E-state index contributed by atoms with van der Waals surface area (Å²) in [5.74, 6) is 1.13. The molecular formula is C24H29N7O3. The van der Waals surface area contributed by atoms with Gasteiger partial charge in [0, 0.05) is 62.7 Å². The highest BCUT2D eigenvalue weighted by atomic mass is 16.5. The first-order valence-corrected chi connectivity index (χ1v) is 11.7. The monoisotopic (exact) mass is 463 g/mol. The second-order valence-electron chi connectivity index (χ2n) is 8.58. The minimum Gasteiger partial charge on any atom is -0.488 e. The summed E-state index contributed by atoms with van der Waals surface area (Å²) >= 11 is 0. The van der Waals surface area contributed by atoms with Gasteiger partial charge in [-0.3, -0.25) is 9.78 Å². The fraction of sp³-hybridized carbons (Fsp3) is 0.458. The highest BCUT2D eigenvalue weighted by molar-refractivity contribution is 5.93. The Bertz CT molecular complexity index is 1130. The molecule has 0 spiro atoms. The van der Waals surface area contributed by atoms with E-state index in [9.17, 15) is 4.79 Å². The van der Waals surface area contributed by atoms with Crippen molar-refractivity contribution in [1.29, 1.82) is 0 Å². The number of ether oxygens (including phenoxy) is 2. The number of hydrogen-bond acceptors (Lipinski definition) is 9. The highest BCUT2D eigenvalue weighted by Gasteiger charge is 2.24. The lowest BCUT2D eigenvalue weighted by Crippen LogP contribution is -2.36. The normalized spacial score (nSPS) is 20.7. The summed E-state index contributed by atoms with van der Waals surface area (Å²) in [7, 11) is 1.59.